The number of rotatable bonds is 5. The van der Waals surface area contributed by atoms with Crippen molar-refractivity contribution in [3.63, 3.8) is 0 Å². The molecular weight excluding hydrogens is 647 g/mol. The van der Waals surface area contributed by atoms with Gasteiger partial charge in [0.1, 0.15) is 0 Å². The molecule has 0 amide bonds. The Morgan fingerprint density at radius 3 is 1.43 bits per heavy atom. The third kappa shape index (κ3) is 6.38. The van der Waals surface area contributed by atoms with E-state index in [1.807, 2.05) is 84.9 Å². The van der Waals surface area contributed by atoms with Crippen molar-refractivity contribution >= 4 is 21.8 Å². The van der Waals surface area contributed by atoms with Crippen LogP contribution in [-0.4, -0.2) is 19.5 Å². The van der Waals surface area contributed by atoms with Gasteiger partial charge in [0.15, 0.2) is 17.5 Å². The van der Waals surface area contributed by atoms with E-state index in [1.54, 1.807) is 0 Å². The Morgan fingerprint density at radius 2 is 0.962 bits per heavy atom. The summed E-state index contributed by atoms with van der Waals surface area (Å²) in [5.74, 6) is 1.78. The lowest BCUT2D eigenvalue weighted by molar-refractivity contribution is 0.591. The second-order valence-corrected chi connectivity index (χ2v) is 15.8. The van der Waals surface area contributed by atoms with E-state index in [4.69, 9.17) is 15.0 Å². The molecule has 0 saturated carbocycles. The van der Waals surface area contributed by atoms with Crippen LogP contribution in [0.15, 0.2) is 140 Å². The van der Waals surface area contributed by atoms with Crippen LogP contribution in [0.5, 0.6) is 0 Å². The molecule has 0 N–H and O–H groups in total. The summed E-state index contributed by atoms with van der Waals surface area (Å²) >= 11 is 0. The molecule has 0 atom stereocenters. The second-order valence-electron chi connectivity index (χ2n) is 15.8. The van der Waals surface area contributed by atoms with Gasteiger partial charge in [-0.3, -0.25) is 0 Å². The maximum absolute atomic E-state index is 9.58. The second kappa shape index (κ2) is 13.0. The first kappa shape index (κ1) is 33.7. The average Bonchev–Trinajstić information content (AvgIpc) is 3.51. The number of fused-ring (bicyclic) bond motifs is 3. The van der Waals surface area contributed by atoms with E-state index < -0.39 is 0 Å². The van der Waals surface area contributed by atoms with E-state index in [0.717, 1.165) is 44.5 Å². The van der Waals surface area contributed by atoms with Gasteiger partial charge in [-0.1, -0.05) is 145 Å². The highest BCUT2D eigenvalue weighted by Gasteiger charge is 2.23. The number of nitriles is 1. The van der Waals surface area contributed by atoms with Crippen LogP contribution in [0, 0.1) is 11.3 Å². The van der Waals surface area contributed by atoms with Crippen molar-refractivity contribution in [3.8, 4) is 57.0 Å². The van der Waals surface area contributed by atoms with Crippen molar-refractivity contribution < 1.29 is 0 Å². The highest BCUT2D eigenvalue weighted by molar-refractivity contribution is 6.10. The molecule has 2 heterocycles. The van der Waals surface area contributed by atoms with Crippen molar-refractivity contribution in [2.24, 2.45) is 0 Å². The van der Waals surface area contributed by atoms with Crippen molar-refractivity contribution in [1.29, 1.82) is 5.26 Å². The van der Waals surface area contributed by atoms with Crippen LogP contribution in [0.25, 0.3) is 72.8 Å². The maximum atomic E-state index is 9.58. The molecule has 53 heavy (non-hydrogen) atoms. The topological polar surface area (TPSA) is 67.4 Å². The Kier molecular flexibility index (Phi) is 8.27. The van der Waals surface area contributed by atoms with Crippen LogP contribution in [-0.2, 0) is 10.8 Å². The quantitative estimate of drug-likeness (QED) is 0.181. The number of aromatic nitrogens is 4. The van der Waals surface area contributed by atoms with E-state index in [-0.39, 0.29) is 10.8 Å². The minimum absolute atomic E-state index is 0.0246. The third-order valence-electron chi connectivity index (χ3n) is 10.0. The minimum Gasteiger partial charge on any atom is -0.309 e. The lowest BCUT2D eigenvalue weighted by atomic mass is 9.86. The molecule has 258 valence electrons. The van der Waals surface area contributed by atoms with Gasteiger partial charge in [0.25, 0.3) is 0 Å². The summed E-state index contributed by atoms with van der Waals surface area (Å²) in [6, 6.07) is 50.5. The van der Waals surface area contributed by atoms with Crippen LogP contribution >= 0.6 is 0 Å². The fourth-order valence-corrected chi connectivity index (χ4v) is 6.99. The lowest BCUT2D eigenvalue weighted by Crippen LogP contribution is -2.11. The van der Waals surface area contributed by atoms with Gasteiger partial charge in [-0.2, -0.15) is 5.26 Å². The van der Waals surface area contributed by atoms with Crippen molar-refractivity contribution in [3.05, 3.63) is 156 Å². The number of hydrogen-bond acceptors (Lipinski definition) is 4. The zero-order chi connectivity index (χ0) is 36.9. The summed E-state index contributed by atoms with van der Waals surface area (Å²) < 4.78 is 2.40. The number of benzene rings is 6. The molecule has 0 saturated heterocycles. The van der Waals surface area contributed by atoms with Crippen LogP contribution in [0.3, 0.4) is 0 Å². The van der Waals surface area contributed by atoms with E-state index in [9.17, 15) is 5.26 Å². The molecule has 0 spiro atoms. The molecule has 0 fully saturated rings. The highest BCUT2D eigenvalue weighted by Crippen LogP contribution is 2.40. The van der Waals surface area contributed by atoms with E-state index in [2.05, 4.69) is 107 Å². The third-order valence-corrected chi connectivity index (χ3v) is 10.0. The molecule has 6 aromatic carbocycles. The van der Waals surface area contributed by atoms with Gasteiger partial charge >= 0.3 is 0 Å². The largest absolute Gasteiger partial charge is 0.309 e. The molecule has 5 heteroatoms. The number of hydrogen-bond donors (Lipinski definition) is 0. The zero-order valence-electron chi connectivity index (χ0n) is 31.0. The highest BCUT2D eigenvalue weighted by atomic mass is 15.0. The van der Waals surface area contributed by atoms with Crippen LogP contribution in [0.2, 0.25) is 0 Å². The Morgan fingerprint density at radius 1 is 0.472 bits per heavy atom. The zero-order valence-corrected chi connectivity index (χ0v) is 31.0. The standard InChI is InChI=1S/C48H41N5/c1-47(2,3)35-21-24-39-40-25-22-36(48(4,5)6)28-43(40)53(42(39)27-35)37-23-26-38(32-19-17-31(30-49)18-20-32)41(29-37)46-51-44(33-13-9-7-10-14-33)50-45(52-46)34-15-11-8-12-16-34/h7-29H,1-6H3. The fourth-order valence-electron chi connectivity index (χ4n) is 6.99. The normalized spacial score (nSPS) is 11.9. The Bertz CT molecular complexity index is 2540. The first-order chi connectivity index (χ1) is 25.5. The predicted molar refractivity (Wildman–Crippen MR) is 218 cm³/mol. The van der Waals surface area contributed by atoms with Crippen molar-refractivity contribution in [2.75, 3.05) is 0 Å². The van der Waals surface area contributed by atoms with Crippen molar-refractivity contribution in [1.82, 2.24) is 19.5 Å². The molecule has 2 aromatic heterocycles. The van der Waals surface area contributed by atoms with Crippen LogP contribution < -0.4 is 0 Å². The average molecular weight is 688 g/mol. The molecular formula is C48H41N5. The lowest BCUT2D eigenvalue weighted by Gasteiger charge is -2.20. The Balaban J connectivity index is 1.45. The fraction of sp³-hybridized carbons (Fsp3) is 0.167. The van der Waals surface area contributed by atoms with Crippen LogP contribution in [0.1, 0.15) is 58.2 Å². The molecule has 0 aliphatic rings. The molecule has 0 radical (unpaired) electrons. The molecule has 0 aliphatic carbocycles. The summed E-state index contributed by atoms with van der Waals surface area (Å²) in [5, 5.41) is 12.0. The Hall–Kier alpha value is -6.38. The van der Waals surface area contributed by atoms with Gasteiger partial charge in [-0.15, -0.1) is 0 Å². The van der Waals surface area contributed by atoms with Gasteiger partial charge in [-0.25, -0.2) is 15.0 Å². The summed E-state index contributed by atoms with van der Waals surface area (Å²) in [5.41, 5.74) is 11.1. The summed E-state index contributed by atoms with van der Waals surface area (Å²) in [6.07, 6.45) is 0. The van der Waals surface area contributed by atoms with E-state index in [0.29, 0.717) is 23.0 Å². The maximum Gasteiger partial charge on any atom is 0.164 e. The summed E-state index contributed by atoms with van der Waals surface area (Å²) in [6.45, 7) is 13.6. The SMILES string of the molecule is CC(C)(C)c1ccc2c3ccc(C(C)(C)C)cc3n(-c3ccc(-c4ccc(C#N)cc4)c(-c4nc(-c5ccccc5)nc(-c5ccccc5)n4)c3)c2c1. The first-order valence-electron chi connectivity index (χ1n) is 18.1. The van der Waals surface area contributed by atoms with Crippen molar-refractivity contribution in [2.45, 2.75) is 52.4 Å². The van der Waals surface area contributed by atoms with Gasteiger partial charge in [0, 0.05) is 33.2 Å². The summed E-state index contributed by atoms with van der Waals surface area (Å²) in [4.78, 5) is 15.3. The molecule has 5 nitrogen and oxygen atoms in total. The van der Waals surface area contributed by atoms with E-state index in [1.165, 1.54) is 21.9 Å². The molecule has 8 aromatic rings. The van der Waals surface area contributed by atoms with E-state index >= 15 is 0 Å². The summed E-state index contributed by atoms with van der Waals surface area (Å²) in [7, 11) is 0. The van der Waals surface area contributed by atoms with Crippen LogP contribution in [0.4, 0.5) is 0 Å². The van der Waals surface area contributed by atoms with Gasteiger partial charge < -0.3 is 4.57 Å². The van der Waals surface area contributed by atoms with Gasteiger partial charge in [0.2, 0.25) is 0 Å². The molecule has 0 unspecified atom stereocenters. The van der Waals surface area contributed by atoms with Gasteiger partial charge in [-0.05, 0) is 69.5 Å². The smallest absolute Gasteiger partial charge is 0.164 e. The monoisotopic (exact) mass is 687 g/mol. The predicted octanol–water partition coefficient (Wildman–Crippen LogP) is 12.1. The minimum atomic E-state index is -0.0246. The Labute approximate surface area is 311 Å². The molecule has 0 bridgehead atoms. The molecule has 8 rings (SSSR count). The number of nitrogens with zero attached hydrogens (tertiary/aromatic N) is 5. The first-order valence-corrected chi connectivity index (χ1v) is 18.1. The van der Waals surface area contributed by atoms with Gasteiger partial charge in [0.05, 0.1) is 22.7 Å². The molecule has 0 aliphatic heterocycles.